The Bertz CT molecular complexity index is 416. The highest BCUT2D eigenvalue weighted by molar-refractivity contribution is 8.01. The molecule has 1 heterocycles. The van der Waals surface area contributed by atoms with Crippen molar-refractivity contribution in [3.05, 3.63) is 0 Å². The van der Waals surface area contributed by atoms with Crippen molar-refractivity contribution in [2.24, 2.45) is 4.99 Å². The Hall–Kier alpha value is -0.820. The zero-order valence-corrected chi connectivity index (χ0v) is 14.1. The lowest BCUT2D eigenvalue weighted by atomic mass is 10.2. The summed E-state index contributed by atoms with van der Waals surface area (Å²) in [7, 11) is 0. The van der Waals surface area contributed by atoms with E-state index in [4.69, 9.17) is 17.0 Å². The third-order valence-electron chi connectivity index (χ3n) is 2.68. The monoisotopic (exact) mass is 317 g/mol. The van der Waals surface area contributed by atoms with Gasteiger partial charge in [-0.15, -0.1) is 11.8 Å². The Morgan fingerprint density at radius 2 is 2.20 bits per heavy atom. The fourth-order valence-corrected chi connectivity index (χ4v) is 3.60. The maximum Gasteiger partial charge on any atom is 0.146 e. The molecule has 0 bridgehead atoms. The lowest BCUT2D eigenvalue weighted by Gasteiger charge is -2.35. The van der Waals surface area contributed by atoms with Crippen LogP contribution in [0, 0.1) is 0 Å². The van der Waals surface area contributed by atoms with E-state index in [2.05, 4.69) is 4.99 Å². The van der Waals surface area contributed by atoms with Crippen LogP contribution in [0.4, 0.5) is 0 Å². The first kappa shape index (κ1) is 17.2. The summed E-state index contributed by atoms with van der Waals surface area (Å²) in [5, 5.41) is 11.5. The number of aliphatic imine (C=N–C) groups is 1. The van der Waals surface area contributed by atoms with Gasteiger partial charge in [0.2, 0.25) is 0 Å². The molecular weight excluding hydrogens is 296 g/mol. The van der Waals surface area contributed by atoms with Gasteiger partial charge in [-0.25, -0.2) is 0 Å². The third kappa shape index (κ3) is 4.63. The van der Waals surface area contributed by atoms with Gasteiger partial charge in [0.1, 0.15) is 17.4 Å². The summed E-state index contributed by atoms with van der Waals surface area (Å²) in [6.07, 6.45) is 0.258. The molecule has 0 amide bonds. The Morgan fingerprint density at radius 3 is 2.70 bits per heavy atom. The van der Waals surface area contributed by atoms with Gasteiger partial charge in [0.25, 0.3) is 0 Å². The van der Waals surface area contributed by atoms with E-state index in [1.807, 2.05) is 18.7 Å². The van der Waals surface area contributed by atoms with Gasteiger partial charge in [-0.3, -0.25) is 4.99 Å². The van der Waals surface area contributed by atoms with E-state index < -0.39 is 11.7 Å². The number of rotatable bonds is 3. The van der Waals surface area contributed by atoms with Crippen molar-refractivity contribution in [1.29, 1.82) is 0 Å². The molecule has 1 aliphatic heterocycles. The van der Waals surface area contributed by atoms with Gasteiger partial charge in [-0.05, 0) is 13.8 Å². The summed E-state index contributed by atoms with van der Waals surface area (Å²) in [6.45, 7) is 9.41. The summed E-state index contributed by atoms with van der Waals surface area (Å²) < 4.78 is 5.10. The minimum Gasteiger partial charge on any atom is -0.595 e. The van der Waals surface area contributed by atoms with Gasteiger partial charge in [0.15, 0.2) is 0 Å². The van der Waals surface area contributed by atoms with Crippen LogP contribution in [0.1, 0.15) is 34.6 Å². The molecule has 0 aromatic rings. The molecule has 0 saturated carbocycles. The summed E-state index contributed by atoms with van der Waals surface area (Å²) in [5.41, 5.74) is -0.573. The molecular formula is C13H21N2O3S2-. The average molecular weight is 317 g/mol. The number of thioether (sulfide) groups is 1. The number of aldehydes is 1. The average Bonchev–Trinajstić information content (AvgIpc) is 2.59. The second-order valence-electron chi connectivity index (χ2n) is 6.02. The molecule has 0 aromatic heterocycles. The van der Waals surface area contributed by atoms with Crippen LogP contribution in [-0.2, 0) is 9.53 Å². The van der Waals surface area contributed by atoms with Crippen LogP contribution in [0.15, 0.2) is 4.99 Å². The van der Waals surface area contributed by atoms with Gasteiger partial charge >= 0.3 is 0 Å². The first-order valence-electron chi connectivity index (χ1n) is 6.39. The SMILES string of the molecule is CC(C)(C)OC([O-])=NCC(=S)N1[C@@H](C=O)CSC1(C)C. The molecule has 0 aliphatic carbocycles. The van der Waals surface area contributed by atoms with Crippen LogP contribution in [0.2, 0.25) is 0 Å². The van der Waals surface area contributed by atoms with E-state index in [0.717, 1.165) is 6.29 Å². The highest BCUT2D eigenvalue weighted by Gasteiger charge is 2.41. The number of carbonyl (C=O) groups is 1. The van der Waals surface area contributed by atoms with Crippen molar-refractivity contribution in [2.75, 3.05) is 12.3 Å². The topological polar surface area (TPSA) is 65.0 Å². The number of carbonyl (C=O) groups excluding carboxylic acids is 1. The highest BCUT2D eigenvalue weighted by Crippen LogP contribution is 2.38. The smallest absolute Gasteiger partial charge is 0.146 e. The highest BCUT2D eigenvalue weighted by atomic mass is 32.2. The quantitative estimate of drug-likeness (QED) is 0.337. The van der Waals surface area contributed by atoms with Gasteiger partial charge in [0.05, 0.1) is 17.5 Å². The number of hydrogen-bond acceptors (Lipinski definition) is 6. The largest absolute Gasteiger partial charge is 0.595 e. The summed E-state index contributed by atoms with van der Waals surface area (Å²) in [5.74, 6) is 0.697. The number of thiocarbonyl (C=S) groups is 1. The maximum absolute atomic E-state index is 11.5. The van der Waals surface area contributed by atoms with Crippen LogP contribution in [-0.4, -0.2) is 51.1 Å². The molecule has 1 fully saturated rings. The molecule has 0 radical (unpaired) electrons. The molecule has 0 aromatic carbocycles. The van der Waals surface area contributed by atoms with Gasteiger partial charge in [0, 0.05) is 11.4 Å². The van der Waals surface area contributed by atoms with Crippen LogP contribution in [0.25, 0.3) is 0 Å². The van der Waals surface area contributed by atoms with E-state index in [1.165, 1.54) is 0 Å². The molecule has 0 unspecified atom stereocenters. The van der Waals surface area contributed by atoms with Crippen LogP contribution >= 0.6 is 24.0 Å². The van der Waals surface area contributed by atoms with Crippen LogP contribution < -0.4 is 5.11 Å². The van der Waals surface area contributed by atoms with E-state index in [-0.39, 0.29) is 17.5 Å². The van der Waals surface area contributed by atoms with Crippen molar-refractivity contribution >= 4 is 41.3 Å². The van der Waals surface area contributed by atoms with Crippen molar-refractivity contribution < 1.29 is 14.6 Å². The normalized spacial score (nSPS) is 22.8. The van der Waals surface area contributed by atoms with Gasteiger partial charge < -0.3 is 19.5 Å². The Kier molecular flexibility index (Phi) is 5.43. The Balaban J connectivity index is 2.70. The Morgan fingerprint density at radius 1 is 1.60 bits per heavy atom. The second-order valence-corrected chi connectivity index (χ2v) is 8.11. The molecule has 1 saturated heterocycles. The predicted octanol–water partition coefficient (Wildman–Crippen LogP) is 1.20. The molecule has 1 rings (SSSR count). The number of ether oxygens (including phenoxy) is 1. The summed E-state index contributed by atoms with van der Waals surface area (Å²) in [6, 6.07) is -0.253. The molecule has 20 heavy (non-hydrogen) atoms. The van der Waals surface area contributed by atoms with Crippen molar-refractivity contribution in [1.82, 2.24) is 4.90 Å². The lowest BCUT2D eigenvalue weighted by Crippen LogP contribution is -2.47. The molecule has 0 spiro atoms. The van der Waals surface area contributed by atoms with Crippen LogP contribution in [0.3, 0.4) is 0 Å². The fraction of sp³-hybridized carbons (Fsp3) is 0.769. The minimum atomic E-state index is -0.632. The maximum atomic E-state index is 11.5. The number of hydrogen-bond donors (Lipinski definition) is 0. The molecule has 7 heteroatoms. The molecule has 0 N–H and O–H groups in total. The summed E-state index contributed by atoms with van der Waals surface area (Å²) in [4.78, 5) is 17.0. The van der Waals surface area contributed by atoms with Crippen LogP contribution in [0.5, 0.6) is 0 Å². The van der Waals surface area contributed by atoms with E-state index >= 15 is 0 Å². The summed E-state index contributed by atoms with van der Waals surface area (Å²) >= 11 is 6.98. The minimum absolute atomic E-state index is 0.0680. The molecule has 114 valence electrons. The first-order valence-corrected chi connectivity index (χ1v) is 7.78. The van der Waals surface area contributed by atoms with Gasteiger partial charge in [-0.1, -0.05) is 33.0 Å². The zero-order chi connectivity index (χ0) is 15.6. The van der Waals surface area contributed by atoms with E-state index in [1.54, 1.807) is 32.5 Å². The van der Waals surface area contributed by atoms with Gasteiger partial charge in [-0.2, -0.15) is 0 Å². The zero-order valence-electron chi connectivity index (χ0n) is 12.5. The lowest BCUT2D eigenvalue weighted by molar-refractivity contribution is -0.260. The predicted molar refractivity (Wildman–Crippen MR) is 84.0 cm³/mol. The second kappa shape index (κ2) is 6.30. The Labute approximate surface area is 129 Å². The van der Waals surface area contributed by atoms with E-state index in [0.29, 0.717) is 10.7 Å². The number of nitrogens with zero attached hydrogens (tertiary/aromatic N) is 2. The standard InChI is InChI=1S/C13H22N2O3S2/c1-12(2,3)18-11(17)14-6-10(19)15-9(7-16)8-20-13(15,4)5/h7,9H,6,8H2,1-5H3,(H,14,17)/p-1/t9-/m0/s1. The van der Waals surface area contributed by atoms with Crippen molar-refractivity contribution in [3.63, 3.8) is 0 Å². The molecule has 1 atom stereocenters. The molecule has 5 nitrogen and oxygen atoms in total. The molecule has 1 aliphatic rings. The fourth-order valence-electron chi connectivity index (χ4n) is 1.92. The van der Waals surface area contributed by atoms with E-state index in [9.17, 15) is 9.90 Å². The third-order valence-corrected chi connectivity index (χ3v) is 4.42. The first-order chi connectivity index (χ1) is 9.07. The van der Waals surface area contributed by atoms with Crippen molar-refractivity contribution in [3.8, 4) is 0 Å². The van der Waals surface area contributed by atoms with Crippen molar-refractivity contribution in [2.45, 2.75) is 51.1 Å².